The number of ether oxygens (including phenoxy) is 1. The molecule has 4 aliphatic heterocycles. The third-order valence-corrected chi connectivity index (χ3v) is 10.7. The first-order chi connectivity index (χ1) is 20.0. The molecule has 1 N–H and O–H groups in total. The number of aliphatic hydroxyl groups excluding tert-OH is 1. The van der Waals surface area contributed by atoms with E-state index in [1.807, 2.05) is 42.5 Å². The number of nitrogens with zero attached hydrogens (tertiary/aromatic N) is 2. The van der Waals surface area contributed by atoms with Crippen LogP contribution in [0.5, 0.6) is 0 Å². The van der Waals surface area contributed by atoms with Crippen LogP contribution < -0.4 is 4.90 Å². The highest BCUT2D eigenvalue weighted by atomic mass is 32.2. The van der Waals surface area contributed by atoms with E-state index in [-0.39, 0.29) is 29.6 Å². The van der Waals surface area contributed by atoms with Crippen LogP contribution in [0.1, 0.15) is 44.9 Å². The van der Waals surface area contributed by atoms with Gasteiger partial charge in [-0.3, -0.25) is 14.4 Å². The van der Waals surface area contributed by atoms with Crippen LogP contribution in [0.15, 0.2) is 66.8 Å². The number of unbranched alkanes of at least 4 members (excludes halogenated alkanes) is 3. The maximum atomic E-state index is 14.6. The lowest BCUT2D eigenvalue weighted by Crippen LogP contribution is -2.53. The van der Waals surface area contributed by atoms with Gasteiger partial charge in [0.2, 0.25) is 5.91 Å². The Kier molecular flexibility index (Phi) is 8.22. The molecular weight excluding hydrogens is 536 g/mol. The van der Waals surface area contributed by atoms with Gasteiger partial charge in [-0.1, -0.05) is 67.5 Å². The SMILES string of the molecule is O=C1OCCCC/C=C\[C@@H]2S[C@]34C=CCN(c5ccc6ccccc6c5)C(=O)C3N(CCCCCCO)C(=O)[C@@H]4[C@H]12. The minimum atomic E-state index is -0.850. The molecule has 0 radical (unpaired) electrons. The topological polar surface area (TPSA) is 87.2 Å². The molecule has 1 unspecified atom stereocenters. The molecule has 1 spiro atoms. The zero-order chi connectivity index (χ0) is 28.4. The minimum Gasteiger partial charge on any atom is -0.465 e. The summed E-state index contributed by atoms with van der Waals surface area (Å²) in [4.78, 5) is 46.0. The third kappa shape index (κ3) is 5.10. The van der Waals surface area contributed by atoms with Crippen molar-refractivity contribution in [1.82, 2.24) is 4.90 Å². The van der Waals surface area contributed by atoms with Crippen molar-refractivity contribution in [2.45, 2.75) is 61.0 Å². The molecule has 0 bridgehead atoms. The van der Waals surface area contributed by atoms with Crippen LogP contribution in [0.4, 0.5) is 5.69 Å². The number of amides is 2. The first-order valence-corrected chi connectivity index (χ1v) is 15.8. The number of likely N-dealkylation sites (tertiary alicyclic amines) is 1. The van der Waals surface area contributed by atoms with Gasteiger partial charge in [-0.25, -0.2) is 0 Å². The summed E-state index contributed by atoms with van der Waals surface area (Å²) in [6.45, 7) is 1.35. The molecule has 7 nitrogen and oxygen atoms in total. The largest absolute Gasteiger partial charge is 0.465 e. The van der Waals surface area contributed by atoms with Gasteiger partial charge in [0.05, 0.1) is 23.2 Å². The second kappa shape index (κ2) is 12.0. The number of fused-ring (bicyclic) bond motifs is 3. The van der Waals surface area contributed by atoms with Crippen molar-refractivity contribution in [3.05, 3.63) is 66.8 Å². The average molecular weight is 575 g/mol. The van der Waals surface area contributed by atoms with E-state index in [0.717, 1.165) is 61.4 Å². The first kappa shape index (κ1) is 28.0. The number of hydrogen-bond donors (Lipinski definition) is 1. The molecule has 2 aromatic carbocycles. The van der Waals surface area contributed by atoms with Crippen LogP contribution >= 0.6 is 11.8 Å². The van der Waals surface area contributed by atoms with Gasteiger partial charge in [0.15, 0.2) is 0 Å². The summed E-state index contributed by atoms with van der Waals surface area (Å²) in [5.74, 6) is -1.85. The van der Waals surface area contributed by atoms with Gasteiger partial charge in [0.25, 0.3) is 5.91 Å². The molecule has 0 aromatic heterocycles. The van der Waals surface area contributed by atoms with E-state index >= 15 is 0 Å². The molecule has 2 amide bonds. The lowest BCUT2D eigenvalue weighted by molar-refractivity contribution is -0.153. The Balaban J connectivity index is 1.39. The first-order valence-electron chi connectivity index (χ1n) is 15.0. The quantitative estimate of drug-likeness (QED) is 0.288. The van der Waals surface area contributed by atoms with E-state index < -0.39 is 22.6 Å². The van der Waals surface area contributed by atoms with Gasteiger partial charge >= 0.3 is 5.97 Å². The highest BCUT2D eigenvalue weighted by Gasteiger charge is 2.70. The predicted octanol–water partition coefficient (Wildman–Crippen LogP) is 4.88. The number of anilines is 1. The number of esters is 1. The zero-order valence-electron chi connectivity index (χ0n) is 23.3. The second-order valence-electron chi connectivity index (χ2n) is 11.5. The molecular formula is C33H38N2O5S. The van der Waals surface area contributed by atoms with Crippen molar-refractivity contribution in [3.63, 3.8) is 0 Å². The molecule has 6 rings (SSSR count). The molecule has 41 heavy (non-hydrogen) atoms. The fraction of sp³-hybridized carbons (Fsp3) is 0.485. The van der Waals surface area contributed by atoms with Gasteiger partial charge < -0.3 is 19.6 Å². The standard InChI is InChI=1S/C33H38N2O5S/c36-20-9-3-2-8-18-35-29-31(38)34(25-16-15-23-12-6-7-13-24(23)22-25)19-11-17-33(29)28(30(35)37)27-26(41-33)14-5-1-4-10-21-40-32(27)39/h5-7,11-17,22,26-29,36H,1-4,8-10,18-21H2/b14-5-/t26-,27+,28-,29?,33-/m0/s1. The van der Waals surface area contributed by atoms with Crippen molar-refractivity contribution in [3.8, 4) is 0 Å². The van der Waals surface area contributed by atoms with Crippen molar-refractivity contribution in [1.29, 1.82) is 0 Å². The Hall–Kier alpha value is -3.10. The van der Waals surface area contributed by atoms with E-state index in [2.05, 4.69) is 24.3 Å². The molecule has 4 heterocycles. The Morgan fingerprint density at radius 1 is 0.951 bits per heavy atom. The van der Waals surface area contributed by atoms with E-state index in [0.29, 0.717) is 19.7 Å². The molecule has 216 valence electrons. The zero-order valence-corrected chi connectivity index (χ0v) is 24.1. The summed E-state index contributed by atoms with van der Waals surface area (Å²) >= 11 is 1.59. The molecule has 0 aliphatic carbocycles. The molecule has 8 heteroatoms. The minimum absolute atomic E-state index is 0.106. The number of hydrogen-bond acceptors (Lipinski definition) is 6. The third-order valence-electron chi connectivity index (χ3n) is 8.95. The Morgan fingerprint density at radius 2 is 1.78 bits per heavy atom. The van der Waals surface area contributed by atoms with Gasteiger partial charge in [-0.05, 0) is 55.0 Å². The average Bonchev–Trinajstić information content (AvgIpc) is 3.36. The van der Waals surface area contributed by atoms with Crippen LogP contribution in [0, 0.1) is 11.8 Å². The van der Waals surface area contributed by atoms with Gasteiger partial charge in [0, 0.05) is 30.6 Å². The fourth-order valence-corrected chi connectivity index (χ4v) is 8.98. The lowest BCUT2D eigenvalue weighted by atomic mass is 9.78. The molecule has 2 aromatic rings. The summed E-state index contributed by atoms with van der Waals surface area (Å²) in [6.07, 6.45) is 14.1. The van der Waals surface area contributed by atoms with Crippen molar-refractivity contribution >= 4 is 46.0 Å². The second-order valence-corrected chi connectivity index (χ2v) is 13.0. The Labute approximate surface area is 245 Å². The van der Waals surface area contributed by atoms with Crippen LogP contribution in [-0.2, 0) is 19.1 Å². The van der Waals surface area contributed by atoms with Crippen molar-refractivity contribution in [2.24, 2.45) is 11.8 Å². The maximum Gasteiger partial charge on any atom is 0.311 e. The molecule has 2 saturated heterocycles. The number of thioether (sulfide) groups is 1. The van der Waals surface area contributed by atoms with Crippen LogP contribution in [0.3, 0.4) is 0 Å². The number of carbonyl (C=O) groups excluding carboxylic acids is 3. The number of cyclic esters (lactones) is 1. The predicted molar refractivity (Wildman–Crippen MR) is 162 cm³/mol. The normalized spacial score (nSPS) is 30.5. The fourth-order valence-electron chi connectivity index (χ4n) is 6.98. The smallest absolute Gasteiger partial charge is 0.311 e. The molecule has 0 saturated carbocycles. The Bertz CT molecular complexity index is 1370. The van der Waals surface area contributed by atoms with Crippen LogP contribution in [-0.4, -0.2) is 70.1 Å². The number of carbonyl (C=O) groups is 3. The monoisotopic (exact) mass is 574 g/mol. The van der Waals surface area contributed by atoms with Crippen molar-refractivity contribution < 1.29 is 24.2 Å². The summed E-state index contributed by atoms with van der Waals surface area (Å²) in [7, 11) is 0. The van der Waals surface area contributed by atoms with Crippen molar-refractivity contribution in [2.75, 3.05) is 31.2 Å². The summed E-state index contributed by atoms with van der Waals surface area (Å²) in [5.41, 5.74) is 0.801. The van der Waals surface area contributed by atoms with Crippen LogP contribution in [0.2, 0.25) is 0 Å². The van der Waals surface area contributed by atoms with E-state index in [1.165, 1.54) is 0 Å². The molecule has 5 atom stereocenters. The summed E-state index contributed by atoms with van der Waals surface area (Å²) in [5, 5.41) is 11.1. The highest BCUT2D eigenvalue weighted by Crippen LogP contribution is 2.60. The van der Waals surface area contributed by atoms with Gasteiger partial charge in [-0.15, -0.1) is 11.8 Å². The highest BCUT2D eigenvalue weighted by molar-refractivity contribution is 8.02. The van der Waals surface area contributed by atoms with E-state index in [9.17, 15) is 19.5 Å². The summed E-state index contributed by atoms with van der Waals surface area (Å²) in [6, 6.07) is 13.4. The Morgan fingerprint density at radius 3 is 2.63 bits per heavy atom. The number of rotatable bonds is 7. The molecule has 4 aliphatic rings. The van der Waals surface area contributed by atoms with E-state index in [4.69, 9.17) is 4.74 Å². The number of aliphatic hydroxyl groups is 1. The van der Waals surface area contributed by atoms with Crippen LogP contribution in [0.25, 0.3) is 10.8 Å². The van der Waals surface area contributed by atoms with E-state index in [1.54, 1.807) is 21.6 Å². The maximum absolute atomic E-state index is 14.6. The lowest BCUT2D eigenvalue weighted by Gasteiger charge is -2.35. The number of allylic oxidation sites excluding steroid dienone is 1. The molecule has 2 fully saturated rings. The summed E-state index contributed by atoms with van der Waals surface area (Å²) < 4.78 is 4.87. The van der Waals surface area contributed by atoms with Gasteiger partial charge in [0.1, 0.15) is 6.04 Å². The number of benzene rings is 2. The van der Waals surface area contributed by atoms with Gasteiger partial charge in [-0.2, -0.15) is 0 Å².